The normalized spacial score (nSPS) is 10.4. The van der Waals surface area contributed by atoms with E-state index >= 15 is 0 Å². The molecule has 0 radical (unpaired) electrons. The third-order valence-electron chi connectivity index (χ3n) is 3.41. The van der Waals surface area contributed by atoms with E-state index in [0.29, 0.717) is 10.6 Å². The molecule has 0 aliphatic carbocycles. The van der Waals surface area contributed by atoms with Crippen LogP contribution in [0.5, 0.6) is 0 Å². The van der Waals surface area contributed by atoms with Crippen molar-refractivity contribution < 1.29 is 4.79 Å². The van der Waals surface area contributed by atoms with Gasteiger partial charge in [0.1, 0.15) is 0 Å². The molecule has 0 saturated carbocycles. The first-order valence-corrected chi connectivity index (χ1v) is 8.38. The Morgan fingerprint density at radius 3 is 2.52 bits per heavy atom. The standard InChI is InChI=1S/C17H27ClN2O/c1-3-5-6-7-8-9-12-20-17(21)15-13-14(18)10-11-16(15)19-4-2/h10-11,13,19H,3-9,12H2,1-2H3,(H,20,21). The Bertz CT molecular complexity index is 435. The van der Waals surface area contributed by atoms with Gasteiger partial charge in [0, 0.05) is 23.8 Å². The first-order valence-electron chi connectivity index (χ1n) is 8.00. The number of halogens is 1. The minimum Gasteiger partial charge on any atom is -0.385 e. The van der Waals surface area contributed by atoms with Crippen LogP contribution in [-0.4, -0.2) is 19.0 Å². The molecule has 2 N–H and O–H groups in total. The van der Waals surface area contributed by atoms with Crippen molar-refractivity contribution in [3.63, 3.8) is 0 Å². The molecular formula is C17H27ClN2O. The molecule has 1 rings (SSSR count). The average molecular weight is 311 g/mol. The van der Waals surface area contributed by atoms with Crippen LogP contribution in [0.25, 0.3) is 0 Å². The van der Waals surface area contributed by atoms with Crippen molar-refractivity contribution in [2.24, 2.45) is 0 Å². The predicted molar refractivity (Wildman–Crippen MR) is 91.3 cm³/mol. The lowest BCUT2D eigenvalue weighted by Gasteiger charge is -2.11. The van der Waals surface area contributed by atoms with Crippen LogP contribution in [0.3, 0.4) is 0 Å². The van der Waals surface area contributed by atoms with Crippen LogP contribution in [0.2, 0.25) is 5.02 Å². The maximum absolute atomic E-state index is 12.2. The summed E-state index contributed by atoms with van der Waals surface area (Å²) in [4.78, 5) is 12.2. The van der Waals surface area contributed by atoms with Crippen molar-refractivity contribution in [3.05, 3.63) is 28.8 Å². The van der Waals surface area contributed by atoms with Gasteiger partial charge in [-0.2, -0.15) is 0 Å². The van der Waals surface area contributed by atoms with E-state index in [1.165, 1.54) is 32.1 Å². The highest BCUT2D eigenvalue weighted by Crippen LogP contribution is 2.20. The minimum absolute atomic E-state index is 0.0537. The number of carbonyl (C=O) groups is 1. The van der Waals surface area contributed by atoms with Gasteiger partial charge in [0.05, 0.1) is 5.56 Å². The van der Waals surface area contributed by atoms with Crippen LogP contribution in [0.1, 0.15) is 62.7 Å². The van der Waals surface area contributed by atoms with Gasteiger partial charge in [-0.25, -0.2) is 0 Å². The molecule has 0 aromatic heterocycles. The summed E-state index contributed by atoms with van der Waals surface area (Å²) in [6, 6.07) is 5.37. The zero-order chi connectivity index (χ0) is 15.5. The minimum atomic E-state index is -0.0537. The third-order valence-corrected chi connectivity index (χ3v) is 3.64. The van der Waals surface area contributed by atoms with Crippen molar-refractivity contribution in [3.8, 4) is 0 Å². The molecule has 0 heterocycles. The lowest BCUT2D eigenvalue weighted by Crippen LogP contribution is -2.25. The zero-order valence-corrected chi connectivity index (χ0v) is 13.9. The predicted octanol–water partition coefficient (Wildman–Crippen LogP) is 4.86. The van der Waals surface area contributed by atoms with E-state index in [-0.39, 0.29) is 5.91 Å². The maximum atomic E-state index is 12.2. The van der Waals surface area contributed by atoms with Crippen molar-refractivity contribution in [1.29, 1.82) is 0 Å². The number of hydrogen-bond acceptors (Lipinski definition) is 2. The van der Waals surface area contributed by atoms with Gasteiger partial charge in [0.2, 0.25) is 0 Å². The molecule has 0 unspecified atom stereocenters. The summed E-state index contributed by atoms with van der Waals surface area (Å²) in [5, 5.41) is 6.75. The van der Waals surface area contributed by atoms with Gasteiger partial charge in [-0.15, -0.1) is 0 Å². The van der Waals surface area contributed by atoms with Crippen LogP contribution in [0, 0.1) is 0 Å². The Hall–Kier alpha value is -1.22. The molecule has 1 aromatic rings. The molecule has 4 heteroatoms. The zero-order valence-electron chi connectivity index (χ0n) is 13.2. The Morgan fingerprint density at radius 1 is 1.10 bits per heavy atom. The van der Waals surface area contributed by atoms with E-state index in [1.54, 1.807) is 12.1 Å². The van der Waals surface area contributed by atoms with E-state index in [1.807, 2.05) is 13.0 Å². The second kappa shape index (κ2) is 10.5. The fourth-order valence-corrected chi connectivity index (χ4v) is 2.42. The Morgan fingerprint density at radius 2 is 1.81 bits per heavy atom. The highest BCUT2D eigenvalue weighted by Gasteiger charge is 2.11. The fraction of sp³-hybridized carbons (Fsp3) is 0.588. The lowest BCUT2D eigenvalue weighted by molar-refractivity contribution is 0.0953. The van der Waals surface area contributed by atoms with Gasteiger partial charge < -0.3 is 10.6 Å². The van der Waals surface area contributed by atoms with Crippen molar-refractivity contribution in [2.45, 2.75) is 52.4 Å². The van der Waals surface area contributed by atoms with Crippen LogP contribution in [-0.2, 0) is 0 Å². The number of benzene rings is 1. The quantitative estimate of drug-likeness (QED) is 0.606. The largest absolute Gasteiger partial charge is 0.385 e. The van der Waals surface area contributed by atoms with E-state index in [4.69, 9.17) is 11.6 Å². The number of anilines is 1. The highest BCUT2D eigenvalue weighted by atomic mass is 35.5. The van der Waals surface area contributed by atoms with Crippen LogP contribution in [0.4, 0.5) is 5.69 Å². The van der Waals surface area contributed by atoms with Crippen LogP contribution in [0.15, 0.2) is 18.2 Å². The molecule has 118 valence electrons. The SMILES string of the molecule is CCCCCCCCNC(=O)c1cc(Cl)ccc1NCC. The van der Waals surface area contributed by atoms with Crippen molar-refractivity contribution >= 4 is 23.2 Å². The Kier molecular flexibility index (Phi) is 8.91. The van der Waals surface area contributed by atoms with E-state index in [2.05, 4.69) is 17.6 Å². The summed E-state index contributed by atoms with van der Waals surface area (Å²) in [5.74, 6) is -0.0537. The molecule has 1 amide bonds. The topological polar surface area (TPSA) is 41.1 Å². The lowest BCUT2D eigenvalue weighted by atomic mass is 10.1. The fourth-order valence-electron chi connectivity index (χ4n) is 2.25. The number of unbranched alkanes of at least 4 members (excludes halogenated alkanes) is 5. The highest BCUT2D eigenvalue weighted by molar-refractivity contribution is 6.31. The molecule has 0 bridgehead atoms. The molecule has 21 heavy (non-hydrogen) atoms. The van der Waals surface area contributed by atoms with E-state index < -0.39 is 0 Å². The summed E-state index contributed by atoms with van der Waals surface area (Å²) in [6.07, 6.45) is 7.33. The molecule has 0 saturated heterocycles. The van der Waals surface area contributed by atoms with Gasteiger partial charge in [-0.05, 0) is 31.5 Å². The molecule has 0 aliphatic heterocycles. The number of amides is 1. The molecule has 1 aromatic carbocycles. The van der Waals surface area contributed by atoms with Gasteiger partial charge in [0.25, 0.3) is 5.91 Å². The van der Waals surface area contributed by atoms with Gasteiger partial charge >= 0.3 is 0 Å². The third kappa shape index (κ3) is 6.85. The summed E-state index contributed by atoms with van der Waals surface area (Å²) in [5.41, 5.74) is 1.46. The second-order valence-corrected chi connectivity index (χ2v) is 5.68. The van der Waals surface area contributed by atoms with Gasteiger partial charge in [-0.3, -0.25) is 4.79 Å². The molecule has 3 nitrogen and oxygen atoms in total. The number of rotatable bonds is 10. The molecule has 0 aliphatic rings. The number of hydrogen-bond donors (Lipinski definition) is 2. The van der Waals surface area contributed by atoms with Crippen molar-refractivity contribution in [2.75, 3.05) is 18.4 Å². The van der Waals surface area contributed by atoms with Gasteiger partial charge in [-0.1, -0.05) is 50.6 Å². The van der Waals surface area contributed by atoms with E-state index in [9.17, 15) is 4.79 Å². The maximum Gasteiger partial charge on any atom is 0.253 e. The number of carbonyl (C=O) groups excluding carboxylic acids is 1. The van der Waals surface area contributed by atoms with Crippen LogP contribution < -0.4 is 10.6 Å². The second-order valence-electron chi connectivity index (χ2n) is 5.24. The summed E-state index contributed by atoms with van der Waals surface area (Å²) >= 11 is 5.99. The Labute approximate surface area is 133 Å². The van der Waals surface area contributed by atoms with E-state index in [0.717, 1.165) is 25.2 Å². The summed E-state index contributed by atoms with van der Waals surface area (Å²) in [7, 11) is 0. The summed E-state index contributed by atoms with van der Waals surface area (Å²) in [6.45, 7) is 5.72. The monoisotopic (exact) mass is 310 g/mol. The smallest absolute Gasteiger partial charge is 0.253 e. The Balaban J connectivity index is 2.39. The average Bonchev–Trinajstić information content (AvgIpc) is 2.48. The van der Waals surface area contributed by atoms with Crippen LogP contribution >= 0.6 is 11.6 Å². The number of nitrogens with one attached hydrogen (secondary N) is 2. The molecule has 0 fully saturated rings. The first-order chi connectivity index (χ1) is 10.2. The van der Waals surface area contributed by atoms with Gasteiger partial charge in [0.15, 0.2) is 0 Å². The molecular weight excluding hydrogens is 284 g/mol. The molecule has 0 spiro atoms. The first kappa shape index (κ1) is 17.8. The van der Waals surface area contributed by atoms with Crippen molar-refractivity contribution in [1.82, 2.24) is 5.32 Å². The molecule has 0 atom stereocenters. The summed E-state index contributed by atoms with van der Waals surface area (Å²) < 4.78 is 0.